The van der Waals surface area contributed by atoms with Gasteiger partial charge in [-0.3, -0.25) is 19.9 Å². The summed E-state index contributed by atoms with van der Waals surface area (Å²) in [5.41, 5.74) is 1.45. The zero-order valence-corrected chi connectivity index (χ0v) is 13.2. The number of benzene rings is 1. The molecule has 126 valence electrons. The number of hydrogen-bond acceptors (Lipinski definition) is 7. The molecule has 2 aromatic heterocycles. The van der Waals surface area contributed by atoms with Gasteiger partial charge in [0.2, 0.25) is 11.7 Å². The van der Waals surface area contributed by atoms with Gasteiger partial charge in [0.25, 0.3) is 11.6 Å². The van der Waals surface area contributed by atoms with Gasteiger partial charge in [-0.1, -0.05) is 5.16 Å². The van der Waals surface area contributed by atoms with Crippen molar-refractivity contribution in [2.75, 3.05) is 0 Å². The van der Waals surface area contributed by atoms with E-state index in [2.05, 4.69) is 20.4 Å². The Morgan fingerprint density at radius 2 is 2.04 bits per heavy atom. The van der Waals surface area contributed by atoms with E-state index < -0.39 is 4.92 Å². The molecule has 0 spiro atoms. The van der Waals surface area contributed by atoms with E-state index in [0.717, 1.165) is 5.56 Å². The van der Waals surface area contributed by atoms with Gasteiger partial charge in [-0.05, 0) is 31.2 Å². The van der Waals surface area contributed by atoms with E-state index in [1.54, 1.807) is 31.5 Å². The van der Waals surface area contributed by atoms with E-state index in [4.69, 9.17) is 4.52 Å². The van der Waals surface area contributed by atoms with Crippen molar-refractivity contribution in [3.63, 3.8) is 0 Å². The molecule has 1 N–H and O–H groups in total. The quantitative estimate of drug-likeness (QED) is 0.558. The highest BCUT2D eigenvalue weighted by Crippen LogP contribution is 2.19. The van der Waals surface area contributed by atoms with Gasteiger partial charge in [0, 0.05) is 35.2 Å². The first-order chi connectivity index (χ1) is 12.0. The summed E-state index contributed by atoms with van der Waals surface area (Å²) in [5.74, 6) is 0.262. The predicted octanol–water partition coefficient (Wildman–Crippen LogP) is 2.28. The second-order valence-electron chi connectivity index (χ2n) is 5.19. The summed E-state index contributed by atoms with van der Waals surface area (Å²) < 4.78 is 5.09. The topological polar surface area (TPSA) is 124 Å². The molecular weight excluding hydrogens is 326 g/mol. The van der Waals surface area contributed by atoms with Crippen LogP contribution in [0.5, 0.6) is 0 Å². The van der Waals surface area contributed by atoms with Crippen LogP contribution in [0, 0.1) is 17.0 Å². The summed E-state index contributed by atoms with van der Waals surface area (Å²) >= 11 is 0. The highest BCUT2D eigenvalue weighted by Gasteiger charge is 2.15. The van der Waals surface area contributed by atoms with Gasteiger partial charge < -0.3 is 9.84 Å². The number of nitrogens with zero attached hydrogens (tertiary/aromatic N) is 4. The monoisotopic (exact) mass is 339 g/mol. The second kappa shape index (κ2) is 6.87. The van der Waals surface area contributed by atoms with Crippen LogP contribution in [-0.4, -0.2) is 26.0 Å². The van der Waals surface area contributed by atoms with Crippen molar-refractivity contribution in [1.82, 2.24) is 20.4 Å². The van der Waals surface area contributed by atoms with Crippen LogP contribution < -0.4 is 5.32 Å². The fourth-order valence-electron chi connectivity index (χ4n) is 2.20. The summed E-state index contributed by atoms with van der Waals surface area (Å²) in [6.07, 6.45) is 3.23. The third-order valence-electron chi connectivity index (χ3n) is 3.46. The van der Waals surface area contributed by atoms with Gasteiger partial charge >= 0.3 is 0 Å². The Hall–Kier alpha value is -3.62. The number of aromatic nitrogens is 3. The largest absolute Gasteiger partial charge is 0.343 e. The molecule has 0 saturated carbocycles. The van der Waals surface area contributed by atoms with Crippen LogP contribution in [0.25, 0.3) is 11.4 Å². The summed E-state index contributed by atoms with van der Waals surface area (Å²) in [5, 5.41) is 17.3. The van der Waals surface area contributed by atoms with Crippen molar-refractivity contribution in [1.29, 1.82) is 0 Å². The first-order valence-corrected chi connectivity index (χ1v) is 7.31. The lowest BCUT2D eigenvalue weighted by molar-refractivity contribution is -0.385. The number of pyridine rings is 1. The zero-order chi connectivity index (χ0) is 17.8. The van der Waals surface area contributed by atoms with Crippen LogP contribution in [0.4, 0.5) is 5.69 Å². The van der Waals surface area contributed by atoms with Crippen LogP contribution >= 0.6 is 0 Å². The Balaban J connectivity index is 1.66. The predicted molar refractivity (Wildman–Crippen MR) is 86.5 cm³/mol. The molecular formula is C16H13N5O4. The minimum Gasteiger partial charge on any atom is -0.343 e. The van der Waals surface area contributed by atoms with Gasteiger partial charge in [0.15, 0.2) is 0 Å². The van der Waals surface area contributed by atoms with Crippen LogP contribution in [0.2, 0.25) is 0 Å². The maximum Gasteiger partial charge on any atom is 0.272 e. The molecule has 0 aliphatic rings. The summed E-state index contributed by atoms with van der Waals surface area (Å²) in [6, 6.07) is 7.65. The molecule has 9 nitrogen and oxygen atoms in total. The molecule has 0 aliphatic carbocycles. The van der Waals surface area contributed by atoms with Gasteiger partial charge in [-0.25, -0.2) is 0 Å². The van der Waals surface area contributed by atoms with Crippen LogP contribution in [0.15, 0.2) is 47.2 Å². The lowest BCUT2D eigenvalue weighted by Crippen LogP contribution is -2.23. The van der Waals surface area contributed by atoms with Crippen LogP contribution in [-0.2, 0) is 6.54 Å². The third kappa shape index (κ3) is 3.66. The van der Waals surface area contributed by atoms with Gasteiger partial charge in [0.05, 0.1) is 11.5 Å². The van der Waals surface area contributed by atoms with E-state index in [-0.39, 0.29) is 24.0 Å². The average Bonchev–Trinajstić information content (AvgIpc) is 3.09. The number of nitro benzene ring substituents is 1. The van der Waals surface area contributed by atoms with Gasteiger partial charge in [0.1, 0.15) is 0 Å². The number of aryl methyl sites for hydroxylation is 1. The smallest absolute Gasteiger partial charge is 0.272 e. The highest BCUT2D eigenvalue weighted by atomic mass is 16.6. The van der Waals surface area contributed by atoms with Crippen molar-refractivity contribution in [3.8, 4) is 11.4 Å². The van der Waals surface area contributed by atoms with E-state index in [1.807, 2.05) is 0 Å². The van der Waals surface area contributed by atoms with Crippen molar-refractivity contribution in [2.24, 2.45) is 0 Å². The lowest BCUT2D eigenvalue weighted by Gasteiger charge is -2.04. The molecule has 9 heteroatoms. The molecule has 25 heavy (non-hydrogen) atoms. The van der Waals surface area contributed by atoms with Crippen molar-refractivity contribution < 1.29 is 14.2 Å². The van der Waals surface area contributed by atoms with Crippen molar-refractivity contribution in [2.45, 2.75) is 13.5 Å². The summed E-state index contributed by atoms with van der Waals surface area (Å²) in [7, 11) is 0. The Kier molecular flexibility index (Phi) is 4.46. The number of carbonyl (C=O) groups excluding carboxylic acids is 1. The van der Waals surface area contributed by atoms with Crippen LogP contribution in [0.3, 0.4) is 0 Å². The molecule has 0 fully saturated rings. The van der Waals surface area contributed by atoms with Gasteiger partial charge in [-0.2, -0.15) is 4.98 Å². The zero-order valence-electron chi connectivity index (χ0n) is 13.2. The molecule has 0 bridgehead atoms. The maximum absolute atomic E-state index is 12.1. The minimum absolute atomic E-state index is 0.0320. The lowest BCUT2D eigenvalue weighted by atomic mass is 10.1. The fraction of sp³-hybridized carbons (Fsp3) is 0.125. The normalized spacial score (nSPS) is 10.4. The standard InChI is InChI=1S/C16H13N5O4/c1-10-8-12(2-3-13(10)21(23)24)16(22)18-9-14-19-15(20-25-14)11-4-6-17-7-5-11/h2-8H,9H2,1H3,(H,18,22). The molecule has 1 aromatic carbocycles. The first-order valence-electron chi connectivity index (χ1n) is 7.31. The minimum atomic E-state index is -0.490. The molecule has 3 rings (SSSR count). The molecule has 0 atom stereocenters. The highest BCUT2D eigenvalue weighted by molar-refractivity contribution is 5.94. The average molecular weight is 339 g/mol. The van der Waals surface area contributed by atoms with E-state index in [9.17, 15) is 14.9 Å². The Morgan fingerprint density at radius 3 is 2.72 bits per heavy atom. The van der Waals surface area contributed by atoms with E-state index >= 15 is 0 Å². The van der Waals surface area contributed by atoms with E-state index in [1.165, 1.54) is 18.2 Å². The Bertz CT molecular complexity index is 923. The third-order valence-corrected chi connectivity index (χ3v) is 3.46. The number of carbonyl (C=O) groups is 1. The molecule has 0 saturated heterocycles. The van der Waals surface area contributed by atoms with Gasteiger partial charge in [-0.15, -0.1) is 0 Å². The number of rotatable bonds is 5. The Morgan fingerprint density at radius 1 is 1.28 bits per heavy atom. The summed E-state index contributed by atoms with van der Waals surface area (Å²) in [4.78, 5) is 30.6. The Labute approximate surface area is 141 Å². The molecule has 1 amide bonds. The number of amides is 1. The maximum atomic E-state index is 12.1. The van der Waals surface area contributed by atoms with Crippen molar-refractivity contribution in [3.05, 3.63) is 69.9 Å². The number of nitrogens with one attached hydrogen (secondary N) is 1. The molecule has 2 heterocycles. The number of nitro groups is 1. The second-order valence-corrected chi connectivity index (χ2v) is 5.19. The fourth-order valence-corrected chi connectivity index (χ4v) is 2.20. The molecule has 0 aliphatic heterocycles. The molecule has 3 aromatic rings. The summed E-state index contributed by atoms with van der Waals surface area (Å²) in [6.45, 7) is 1.63. The molecule has 0 unspecified atom stereocenters. The van der Waals surface area contributed by atoms with E-state index in [0.29, 0.717) is 17.0 Å². The SMILES string of the molecule is Cc1cc(C(=O)NCc2nc(-c3ccncc3)no2)ccc1[N+](=O)[O-]. The van der Waals surface area contributed by atoms with Crippen molar-refractivity contribution >= 4 is 11.6 Å². The number of hydrogen-bond donors (Lipinski definition) is 1. The first kappa shape index (κ1) is 16.2. The molecule has 0 radical (unpaired) electrons. The van der Waals surface area contributed by atoms with Crippen LogP contribution in [0.1, 0.15) is 21.8 Å².